The van der Waals surface area contributed by atoms with Crippen molar-refractivity contribution in [1.82, 2.24) is 14.8 Å². The molecule has 1 aromatic carbocycles. The second-order valence-electron chi connectivity index (χ2n) is 6.63. The van der Waals surface area contributed by atoms with E-state index in [1.165, 1.54) is 31.0 Å². The van der Waals surface area contributed by atoms with Gasteiger partial charge in [-0.2, -0.15) is 5.26 Å². The van der Waals surface area contributed by atoms with Crippen LogP contribution in [-0.4, -0.2) is 25.9 Å². The van der Waals surface area contributed by atoms with Crippen molar-refractivity contribution in [3.05, 3.63) is 35.7 Å². The maximum absolute atomic E-state index is 12.5. The van der Waals surface area contributed by atoms with Crippen LogP contribution in [0.1, 0.15) is 56.5 Å². The van der Waals surface area contributed by atoms with Crippen molar-refractivity contribution in [3.63, 3.8) is 0 Å². The van der Waals surface area contributed by atoms with Crippen LogP contribution in [0.15, 0.2) is 29.4 Å². The molecule has 0 saturated heterocycles. The summed E-state index contributed by atoms with van der Waals surface area (Å²) in [6, 6.07) is 9.44. The first-order chi connectivity index (χ1) is 12.6. The summed E-state index contributed by atoms with van der Waals surface area (Å²) >= 11 is 1.43. The lowest BCUT2D eigenvalue weighted by molar-refractivity contribution is -0.115. The van der Waals surface area contributed by atoms with Crippen LogP contribution < -0.4 is 5.32 Å². The second kappa shape index (κ2) is 8.37. The third-order valence-corrected chi connectivity index (χ3v) is 5.74. The van der Waals surface area contributed by atoms with E-state index in [-0.39, 0.29) is 11.2 Å². The molecule has 1 aliphatic rings. The normalized spacial score (nSPS) is 16.0. The molecule has 3 rings (SSSR count). The Morgan fingerprint density at radius 3 is 2.85 bits per heavy atom. The van der Waals surface area contributed by atoms with E-state index in [4.69, 9.17) is 5.26 Å². The van der Waals surface area contributed by atoms with Gasteiger partial charge in [-0.25, -0.2) is 0 Å². The number of carbonyl (C=O) groups is 1. The smallest absolute Gasteiger partial charge is 0.237 e. The summed E-state index contributed by atoms with van der Waals surface area (Å²) in [4.78, 5) is 12.5. The van der Waals surface area contributed by atoms with Gasteiger partial charge in [-0.05, 0) is 44.9 Å². The zero-order valence-corrected chi connectivity index (χ0v) is 15.9. The fourth-order valence-corrected chi connectivity index (χ4v) is 4.28. The number of rotatable bonds is 5. The van der Waals surface area contributed by atoms with E-state index in [1.807, 2.05) is 13.8 Å². The number of nitrogens with one attached hydrogen (secondary N) is 1. The summed E-state index contributed by atoms with van der Waals surface area (Å²) in [7, 11) is 0. The van der Waals surface area contributed by atoms with E-state index in [0.717, 1.165) is 23.8 Å². The van der Waals surface area contributed by atoms with E-state index < -0.39 is 0 Å². The Bertz CT molecular complexity index is 820. The lowest BCUT2D eigenvalue weighted by atomic mass is 9.95. The van der Waals surface area contributed by atoms with Crippen LogP contribution in [0.2, 0.25) is 0 Å². The predicted molar refractivity (Wildman–Crippen MR) is 102 cm³/mol. The summed E-state index contributed by atoms with van der Waals surface area (Å²) in [5.74, 6) is 0.801. The van der Waals surface area contributed by atoms with Crippen LogP contribution in [0.25, 0.3) is 0 Å². The van der Waals surface area contributed by atoms with Crippen molar-refractivity contribution < 1.29 is 4.79 Å². The zero-order chi connectivity index (χ0) is 18.5. The quantitative estimate of drug-likeness (QED) is 0.803. The minimum atomic E-state index is -0.313. The van der Waals surface area contributed by atoms with Gasteiger partial charge in [-0.3, -0.25) is 4.79 Å². The van der Waals surface area contributed by atoms with E-state index in [9.17, 15) is 4.79 Å². The molecule has 0 unspecified atom stereocenters. The molecule has 1 amide bonds. The highest BCUT2D eigenvalue weighted by atomic mass is 32.2. The highest BCUT2D eigenvalue weighted by molar-refractivity contribution is 8.00. The molecular weight excluding hydrogens is 346 g/mol. The van der Waals surface area contributed by atoms with Gasteiger partial charge in [-0.15, -0.1) is 10.2 Å². The molecule has 1 atom stereocenters. The number of aromatic nitrogens is 3. The second-order valence-corrected chi connectivity index (χ2v) is 7.94. The largest absolute Gasteiger partial charge is 0.325 e. The number of nitrogens with zero attached hydrogens (tertiary/aromatic N) is 4. The molecule has 26 heavy (non-hydrogen) atoms. The maximum Gasteiger partial charge on any atom is 0.237 e. The zero-order valence-electron chi connectivity index (χ0n) is 15.1. The monoisotopic (exact) mass is 369 g/mol. The number of anilines is 1. The predicted octanol–water partition coefficient (Wildman–Crippen LogP) is 4.08. The van der Waals surface area contributed by atoms with Gasteiger partial charge in [0.1, 0.15) is 5.82 Å². The molecule has 136 valence electrons. The molecule has 1 heterocycles. The van der Waals surface area contributed by atoms with Gasteiger partial charge in [-0.1, -0.05) is 37.1 Å². The minimum Gasteiger partial charge on any atom is -0.325 e. The summed E-state index contributed by atoms with van der Waals surface area (Å²) in [6.07, 6.45) is 6.05. The number of amides is 1. The van der Waals surface area contributed by atoms with Gasteiger partial charge in [0.2, 0.25) is 5.91 Å². The molecule has 6 nitrogen and oxygen atoms in total. The van der Waals surface area contributed by atoms with Crippen LogP contribution in [0.5, 0.6) is 0 Å². The summed E-state index contributed by atoms with van der Waals surface area (Å²) < 4.78 is 2.20. The van der Waals surface area contributed by atoms with Gasteiger partial charge in [0.25, 0.3) is 0 Å². The van der Waals surface area contributed by atoms with E-state index in [0.29, 0.717) is 17.3 Å². The van der Waals surface area contributed by atoms with Crippen LogP contribution in [0.4, 0.5) is 5.69 Å². The molecule has 1 saturated carbocycles. The summed E-state index contributed by atoms with van der Waals surface area (Å²) in [6.45, 7) is 3.84. The van der Waals surface area contributed by atoms with Crippen molar-refractivity contribution in [2.75, 3.05) is 5.32 Å². The molecule has 1 fully saturated rings. The number of benzene rings is 1. The van der Waals surface area contributed by atoms with E-state index in [1.54, 1.807) is 24.3 Å². The summed E-state index contributed by atoms with van der Waals surface area (Å²) in [5.41, 5.74) is 1.15. The molecule has 2 aromatic rings. The maximum atomic E-state index is 12.5. The summed E-state index contributed by atoms with van der Waals surface area (Å²) in [5, 5.41) is 20.9. The first-order valence-corrected chi connectivity index (χ1v) is 9.85. The standard InChI is InChI=1S/C19H23N5OS/c1-13(18(25)21-16-8-6-7-15(11-16)12-20)26-19-23-22-14(2)24(19)17-9-4-3-5-10-17/h6-8,11,13,17H,3-5,9-10H2,1-2H3,(H,21,25)/t13-/m1/s1. The first kappa shape index (κ1) is 18.5. The van der Waals surface area contributed by atoms with Crippen molar-refractivity contribution >= 4 is 23.4 Å². The van der Waals surface area contributed by atoms with Crippen LogP contribution in [-0.2, 0) is 4.79 Å². The van der Waals surface area contributed by atoms with Gasteiger partial charge in [0.05, 0.1) is 16.9 Å². The van der Waals surface area contributed by atoms with Crippen LogP contribution in [0.3, 0.4) is 0 Å². The topological polar surface area (TPSA) is 83.6 Å². The molecule has 7 heteroatoms. The molecule has 1 aromatic heterocycles. The van der Waals surface area contributed by atoms with Gasteiger partial charge >= 0.3 is 0 Å². The van der Waals surface area contributed by atoms with Crippen molar-refractivity contribution in [3.8, 4) is 6.07 Å². The molecule has 0 radical (unpaired) electrons. The Balaban J connectivity index is 1.68. The number of aryl methyl sites for hydroxylation is 1. The molecule has 1 N–H and O–H groups in total. The Hall–Kier alpha value is -2.33. The highest BCUT2D eigenvalue weighted by Crippen LogP contribution is 2.33. The minimum absolute atomic E-state index is 0.110. The van der Waals surface area contributed by atoms with Crippen molar-refractivity contribution in [2.45, 2.75) is 62.4 Å². The van der Waals surface area contributed by atoms with Crippen molar-refractivity contribution in [2.24, 2.45) is 0 Å². The molecule has 0 bridgehead atoms. The Morgan fingerprint density at radius 1 is 1.35 bits per heavy atom. The first-order valence-electron chi connectivity index (χ1n) is 8.97. The fraction of sp³-hybridized carbons (Fsp3) is 0.474. The number of hydrogen-bond donors (Lipinski definition) is 1. The lowest BCUT2D eigenvalue weighted by Crippen LogP contribution is -2.23. The average Bonchev–Trinajstić information content (AvgIpc) is 3.02. The number of nitriles is 1. The Morgan fingerprint density at radius 2 is 2.12 bits per heavy atom. The fourth-order valence-electron chi connectivity index (χ4n) is 3.31. The Labute approximate surface area is 158 Å². The molecule has 0 aliphatic heterocycles. The molecule has 0 spiro atoms. The van der Waals surface area contributed by atoms with Gasteiger partial charge in [0.15, 0.2) is 5.16 Å². The van der Waals surface area contributed by atoms with Gasteiger partial charge < -0.3 is 9.88 Å². The average molecular weight is 369 g/mol. The SMILES string of the molecule is Cc1nnc(S[C@H](C)C(=O)Nc2cccc(C#N)c2)n1C1CCCCC1. The van der Waals surface area contributed by atoms with Gasteiger partial charge in [0, 0.05) is 11.7 Å². The van der Waals surface area contributed by atoms with E-state index >= 15 is 0 Å². The number of hydrogen-bond acceptors (Lipinski definition) is 5. The van der Waals surface area contributed by atoms with E-state index in [2.05, 4.69) is 26.2 Å². The number of thioether (sulfide) groups is 1. The van der Waals surface area contributed by atoms with Crippen LogP contribution >= 0.6 is 11.8 Å². The third kappa shape index (κ3) is 4.25. The number of carbonyl (C=O) groups excluding carboxylic acids is 1. The lowest BCUT2D eigenvalue weighted by Gasteiger charge is -2.25. The van der Waals surface area contributed by atoms with Crippen LogP contribution in [0, 0.1) is 18.3 Å². The van der Waals surface area contributed by atoms with Crippen molar-refractivity contribution in [1.29, 1.82) is 5.26 Å². The Kier molecular flexibility index (Phi) is 5.94. The molecule has 1 aliphatic carbocycles. The third-order valence-electron chi connectivity index (χ3n) is 4.69. The molecular formula is C19H23N5OS. The highest BCUT2D eigenvalue weighted by Gasteiger charge is 2.24.